The molecule has 0 spiro atoms. The molecular weight excluding hydrogens is 294 g/mol. The summed E-state index contributed by atoms with van der Waals surface area (Å²) in [6.07, 6.45) is 2.03. The molecule has 6 nitrogen and oxygen atoms in total. The summed E-state index contributed by atoms with van der Waals surface area (Å²) < 4.78 is 5.82. The SMILES string of the molecule is O=C(NCCN1CCO[C@H](c2ccccc2)C1)C(=O)NC1CC1. The first-order valence-electron chi connectivity index (χ1n) is 8.20. The first-order valence-corrected chi connectivity index (χ1v) is 8.20. The number of amides is 2. The van der Waals surface area contributed by atoms with E-state index in [9.17, 15) is 9.59 Å². The van der Waals surface area contributed by atoms with Crippen molar-refractivity contribution in [2.45, 2.75) is 25.0 Å². The van der Waals surface area contributed by atoms with E-state index in [1.807, 2.05) is 18.2 Å². The molecule has 0 bridgehead atoms. The van der Waals surface area contributed by atoms with Gasteiger partial charge in [-0.1, -0.05) is 30.3 Å². The van der Waals surface area contributed by atoms with Gasteiger partial charge in [0.15, 0.2) is 0 Å². The zero-order valence-electron chi connectivity index (χ0n) is 13.2. The van der Waals surface area contributed by atoms with E-state index in [0.717, 1.165) is 32.5 Å². The summed E-state index contributed by atoms with van der Waals surface area (Å²) in [5, 5.41) is 5.37. The van der Waals surface area contributed by atoms with Gasteiger partial charge in [-0.15, -0.1) is 0 Å². The summed E-state index contributed by atoms with van der Waals surface area (Å²) in [4.78, 5) is 25.5. The lowest BCUT2D eigenvalue weighted by atomic mass is 10.1. The smallest absolute Gasteiger partial charge is 0.309 e. The topological polar surface area (TPSA) is 70.7 Å². The van der Waals surface area contributed by atoms with E-state index in [1.54, 1.807) is 0 Å². The first-order chi connectivity index (χ1) is 11.2. The minimum atomic E-state index is -0.537. The minimum Gasteiger partial charge on any atom is -0.371 e. The van der Waals surface area contributed by atoms with Gasteiger partial charge < -0.3 is 15.4 Å². The van der Waals surface area contributed by atoms with Crippen molar-refractivity contribution < 1.29 is 14.3 Å². The van der Waals surface area contributed by atoms with Gasteiger partial charge in [-0.05, 0) is 18.4 Å². The number of carbonyl (C=O) groups excluding carboxylic acids is 2. The molecule has 1 aliphatic heterocycles. The first kappa shape index (κ1) is 16.0. The van der Waals surface area contributed by atoms with Gasteiger partial charge in [-0.25, -0.2) is 0 Å². The second kappa shape index (κ2) is 7.57. The van der Waals surface area contributed by atoms with Crippen LogP contribution >= 0.6 is 0 Å². The number of morpholine rings is 1. The Kier molecular flexibility index (Phi) is 5.25. The third-order valence-electron chi connectivity index (χ3n) is 4.15. The molecule has 2 N–H and O–H groups in total. The summed E-state index contributed by atoms with van der Waals surface area (Å²) in [6, 6.07) is 10.4. The Morgan fingerprint density at radius 1 is 1.17 bits per heavy atom. The fraction of sp³-hybridized carbons (Fsp3) is 0.529. The molecule has 2 aliphatic rings. The van der Waals surface area contributed by atoms with E-state index < -0.39 is 11.8 Å². The molecule has 1 aromatic carbocycles. The lowest BCUT2D eigenvalue weighted by molar-refractivity contribution is -0.139. The van der Waals surface area contributed by atoms with E-state index in [1.165, 1.54) is 5.56 Å². The van der Waals surface area contributed by atoms with Crippen LogP contribution in [-0.4, -0.2) is 55.5 Å². The van der Waals surface area contributed by atoms with E-state index in [0.29, 0.717) is 13.2 Å². The Bertz CT molecular complexity index is 545. The number of hydrogen-bond donors (Lipinski definition) is 2. The zero-order valence-corrected chi connectivity index (χ0v) is 13.2. The fourth-order valence-corrected chi connectivity index (χ4v) is 2.66. The van der Waals surface area contributed by atoms with Gasteiger partial charge in [0.25, 0.3) is 0 Å². The molecule has 0 aromatic heterocycles. The molecule has 2 fully saturated rings. The van der Waals surface area contributed by atoms with Crippen LogP contribution in [0.1, 0.15) is 24.5 Å². The van der Waals surface area contributed by atoms with Crippen molar-refractivity contribution in [3.8, 4) is 0 Å². The number of carbonyl (C=O) groups is 2. The normalized spacial score (nSPS) is 21.7. The van der Waals surface area contributed by atoms with E-state index >= 15 is 0 Å². The average molecular weight is 317 g/mol. The lowest BCUT2D eigenvalue weighted by Crippen LogP contribution is -2.46. The van der Waals surface area contributed by atoms with Gasteiger partial charge in [0.05, 0.1) is 12.7 Å². The summed E-state index contributed by atoms with van der Waals surface area (Å²) in [5.41, 5.74) is 1.17. The van der Waals surface area contributed by atoms with Crippen molar-refractivity contribution in [3.63, 3.8) is 0 Å². The minimum absolute atomic E-state index is 0.0683. The molecule has 1 saturated heterocycles. The van der Waals surface area contributed by atoms with Gasteiger partial charge >= 0.3 is 11.8 Å². The fourth-order valence-electron chi connectivity index (χ4n) is 2.66. The highest BCUT2D eigenvalue weighted by atomic mass is 16.5. The molecule has 2 amide bonds. The summed E-state index contributed by atoms with van der Waals surface area (Å²) in [6.45, 7) is 3.50. The molecule has 1 aliphatic carbocycles. The quantitative estimate of drug-likeness (QED) is 0.774. The van der Waals surface area contributed by atoms with E-state index in [2.05, 4.69) is 27.7 Å². The van der Waals surface area contributed by atoms with Gasteiger partial charge in [0, 0.05) is 32.2 Å². The van der Waals surface area contributed by atoms with Crippen LogP contribution < -0.4 is 10.6 Å². The van der Waals surface area contributed by atoms with Crippen molar-refractivity contribution >= 4 is 11.8 Å². The van der Waals surface area contributed by atoms with E-state index in [4.69, 9.17) is 4.74 Å². The van der Waals surface area contributed by atoms with Gasteiger partial charge in [0.1, 0.15) is 0 Å². The Morgan fingerprint density at radius 2 is 1.96 bits per heavy atom. The highest BCUT2D eigenvalue weighted by molar-refractivity contribution is 6.35. The number of hydrogen-bond acceptors (Lipinski definition) is 4. The summed E-state index contributed by atoms with van der Waals surface area (Å²) in [7, 11) is 0. The van der Waals surface area contributed by atoms with Crippen LogP contribution in [0.25, 0.3) is 0 Å². The number of ether oxygens (including phenoxy) is 1. The molecule has 0 radical (unpaired) electrons. The van der Waals surface area contributed by atoms with Crippen molar-refractivity contribution in [2.24, 2.45) is 0 Å². The number of nitrogens with zero attached hydrogens (tertiary/aromatic N) is 1. The van der Waals surface area contributed by atoms with Crippen molar-refractivity contribution in [2.75, 3.05) is 32.8 Å². The Labute approximate surface area is 136 Å². The van der Waals surface area contributed by atoms with Crippen LogP contribution in [0.3, 0.4) is 0 Å². The Hall–Kier alpha value is -1.92. The molecule has 23 heavy (non-hydrogen) atoms. The maximum absolute atomic E-state index is 11.7. The average Bonchev–Trinajstić information content (AvgIpc) is 3.40. The zero-order chi connectivity index (χ0) is 16.1. The van der Waals surface area contributed by atoms with Crippen molar-refractivity contribution in [1.29, 1.82) is 0 Å². The summed E-state index contributed by atoms with van der Waals surface area (Å²) >= 11 is 0. The lowest BCUT2D eigenvalue weighted by Gasteiger charge is -2.33. The Morgan fingerprint density at radius 3 is 2.70 bits per heavy atom. The predicted octanol–water partition coefficient (Wildman–Crippen LogP) is 0.455. The van der Waals surface area contributed by atoms with Gasteiger partial charge in [-0.3, -0.25) is 14.5 Å². The molecular formula is C17H23N3O3. The largest absolute Gasteiger partial charge is 0.371 e. The predicted molar refractivity (Wildman–Crippen MR) is 85.7 cm³/mol. The third kappa shape index (κ3) is 4.77. The number of nitrogens with one attached hydrogen (secondary N) is 2. The highest BCUT2D eigenvalue weighted by Gasteiger charge is 2.26. The molecule has 1 saturated carbocycles. The van der Waals surface area contributed by atoms with Crippen LogP contribution in [0, 0.1) is 0 Å². The van der Waals surface area contributed by atoms with Crippen molar-refractivity contribution in [3.05, 3.63) is 35.9 Å². The highest BCUT2D eigenvalue weighted by Crippen LogP contribution is 2.21. The number of benzene rings is 1. The molecule has 1 aromatic rings. The maximum atomic E-state index is 11.7. The summed E-state index contributed by atoms with van der Waals surface area (Å²) in [5.74, 6) is -1.05. The molecule has 1 atom stereocenters. The van der Waals surface area contributed by atoms with Crippen LogP contribution in [0.4, 0.5) is 0 Å². The van der Waals surface area contributed by atoms with Crippen LogP contribution in [-0.2, 0) is 14.3 Å². The Balaban J connectivity index is 1.39. The van der Waals surface area contributed by atoms with Crippen LogP contribution in [0.5, 0.6) is 0 Å². The molecule has 124 valence electrons. The van der Waals surface area contributed by atoms with Crippen LogP contribution in [0.15, 0.2) is 30.3 Å². The molecule has 1 heterocycles. The standard InChI is InChI=1S/C17H23N3O3/c21-16(17(22)19-14-6-7-14)18-8-9-20-10-11-23-15(12-20)13-4-2-1-3-5-13/h1-5,14-15H,6-12H2,(H,18,21)(H,19,22)/t15-/m0/s1. The molecule has 6 heteroatoms. The van der Waals surface area contributed by atoms with Gasteiger partial charge in [0.2, 0.25) is 0 Å². The molecule has 0 unspecified atom stereocenters. The molecule has 3 rings (SSSR count). The van der Waals surface area contributed by atoms with Gasteiger partial charge in [-0.2, -0.15) is 0 Å². The van der Waals surface area contributed by atoms with Crippen LogP contribution in [0.2, 0.25) is 0 Å². The monoisotopic (exact) mass is 317 g/mol. The van der Waals surface area contributed by atoms with E-state index in [-0.39, 0.29) is 12.1 Å². The third-order valence-corrected chi connectivity index (χ3v) is 4.15. The number of rotatable bonds is 5. The van der Waals surface area contributed by atoms with Crippen molar-refractivity contribution in [1.82, 2.24) is 15.5 Å². The second-order valence-electron chi connectivity index (χ2n) is 6.07. The maximum Gasteiger partial charge on any atom is 0.309 e. The second-order valence-corrected chi connectivity index (χ2v) is 6.07.